The molecule has 0 radical (unpaired) electrons. The molecule has 0 aliphatic carbocycles. The van der Waals surface area contributed by atoms with Crippen LogP contribution in [0, 0.1) is 0 Å². The van der Waals surface area contributed by atoms with Crippen molar-refractivity contribution >= 4 is 46.0 Å². The molecule has 2 aromatic heterocycles. The zero-order valence-corrected chi connectivity index (χ0v) is 20.2. The topological polar surface area (TPSA) is 125 Å². The number of methoxy groups -OCH3 is 1. The van der Waals surface area contributed by atoms with Gasteiger partial charge in [0.2, 0.25) is 5.91 Å². The first-order chi connectivity index (χ1) is 16.9. The number of hydrogen-bond acceptors (Lipinski definition) is 7. The molecule has 1 aromatic carbocycles. The molecule has 3 aromatic rings. The van der Waals surface area contributed by atoms with Crippen molar-refractivity contribution in [1.29, 1.82) is 0 Å². The number of nitrogens with one attached hydrogen (secondary N) is 3. The second-order valence-corrected chi connectivity index (χ2v) is 8.43. The molecular formula is C23H25ClFN7O3. The van der Waals surface area contributed by atoms with Crippen molar-refractivity contribution in [3.8, 4) is 0 Å². The summed E-state index contributed by atoms with van der Waals surface area (Å²) >= 11 is 6.12. The van der Waals surface area contributed by atoms with Crippen LogP contribution in [0.3, 0.4) is 0 Å². The highest BCUT2D eigenvalue weighted by Gasteiger charge is 2.35. The molecule has 0 spiro atoms. The Kier molecular flexibility index (Phi) is 7.27. The Morgan fingerprint density at radius 1 is 1.37 bits per heavy atom. The molecule has 1 aliphatic rings. The summed E-state index contributed by atoms with van der Waals surface area (Å²) in [7, 11) is 4.84. The van der Waals surface area contributed by atoms with Gasteiger partial charge in [0.1, 0.15) is 23.4 Å². The fourth-order valence-electron chi connectivity index (χ4n) is 3.88. The lowest BCUT2D eigenvalue weighted by Crippen LogP contribution is -2.59. The number of carbonyl (C=O) groups is 2. The maximum absolute atomic E-state index is 13.2. The van der Waals surface area contributed by atoms with E-state index in [4.69, 9.17) is 16.3 Å². The first kappa shape index (κ1) is 24.6. The third-order valence-corrected chi connectivity index (χ3v) is 5.92. The Labute approximate surface area is 205 Å². The van der Waals surface area contributed by atoms with Crippen LogP contribution >= 0.6 is 11.6 Å². The van der Waals surface area contributed by atoms with E-state index in [2.05, 4.69) is 30.6 Å². The van der Waals surface area contributed by atoms with Gasteiger partial charge in [-0.1, -0.05) is 11.6 Å². The maximum Gasteiger partial charge on any atom is 0.255 e. The molecule has 2 amide bonds. The van der Waals surface area contributed by atoms with E-state index in [0.717, 1.165) is 11.3 Å². The zero-order chi connectivity index (χ0) is 25.1. The van der Waals surface area contributed by atoms with Gasteiger partial charge in [-0.2, -0.15) is 0 Å². The van der Waals surface area contributed by atoms with Gasteiger partial charge in [0.15, 0.2) is 5.65 Å². The number of amides is 2. The number of hydrogen-bond donors (Lipinski definition) is 3. The van der Waals surface area contributed by atoms with Gasteiger partial charge in [0.05, 0.1) is 37.2 Å². The molecular weight excluding hydrogens is 477 g/mol. The molecule has 184 valence electrons. The van der Waals surface area contributed by atoms with Crippen LogP contribution in [0.4, 0.5) is 10.1 Å². The number of aromatic amines is 1. The molecule has 3 N–H and O–H groups in total. The molecule has 35 heavy (non-hydrogen) atoms. The average molecular weight is 502 g/mol. The lowest BCUT2D eigenvalue weighted by atomic mass is 10.0. The van der Waals surface area contributed by atoms with Crippen molar-refractivity contribution in [2.45, 2.75) is 12.2 Å². The van der Waals surface area contributed by atoms with Gasteiger partial charge in [-0.05, 0) is 18.2 Å². The molecule has 4 rings (SSSR count). The van der Waals surface area contributed by atoms with Crippen molar-refractivity contribution in [1.82, 2.24) is 25.2 Å². The summed E-state index contributed by atoms with van der Waals surface area (Å²) in [4.78, 5) is 43.5. The van der Waals surface area contributed by atoms with Gasteiger partial charge in [-0.3, -0.25) is 14.6 Å². The number of alkyl halides is 1. The number of ether oxygens (including phenoxy) is 1. The highest BCUT2D eigenvalue weighted by atomic mass is 35.5. The molecule has 0 unspecified atom stereocenters. The fourth-order valence-corrected chi connectivity index (χ4v) is 4.06. The molecule has 0 saturated carbocycles. The Hall–Kier alpha value is -3.57. The van der Waals surface area contributed by atoms with Crippen LogP contribution in [0.15, 0.2) is 35.6 Å². The van der Waals surface area contributed by atoms with Crippen LogP contribution in [-0.4, -0.2) is 90.5 Å². The molecule has 1 atom stereocenters. The largest absolute Gasteiger partial charge is 0.388 e. The quantitative estimate of drug-likeness (QED) is 0.406. The predicted octanol–water partition coefficient (Wildman–Crippen LogP) is 2.05. The second kappa shape index (κ2) is 10.4. The van der Waals surface area contributed by atoms with Crippen LogP contribution in [0.5, 0.6) is 0 Å². The summed E-state index contributed by atoms with van der Waals surface area (Å²) < 4.78 is 18.3. The number of nitrogens with zero attached hydrogens (tertiary/aromatic N) is 4. The summed E-state index contributed by atoms with van der Waals surface area (Å²) in [5.41, 5.74) is 3.45. The zero-order valence-electron chi connectivity index (χ0n) is 19.4. The standard InChI is InChI=1S/C23H25ClFN7O3/c1-26-16-6-12(24)4-5-14(16)19(27-2)17-8-29-21-20(30-17)15(7-28-21)22(33)31-18(11-35-3)23(34)32-9-13(25)10-32/h4-8,13,18,26H,9-11H2,1-3H3,(H,28,29)(H,31,33)/t18-/m1/s1. The smallest absolute Gasteiger partial charge is 0.255 e. The van der Waals surface area contributed by atoms with Crippen molar-refractivity contribution < 1.29 is 18.7 Å². The fraction of sp³-hybridized carbons (Fsp3) is 0.348. The number of H-pyrrole nitrogens is 1. The van der Waals surface area contributed by atoms with E-state index in [0.29, 0.717) is 27.6 Å². The molecule has 0 bridgehead atoms. The lowest BCUT2D eigenvalue weighted by Gasteiger charge is -2.36. The minimum absolute atomic E-state index is 0.00920. The Bertz CT molecular complexity index is 1290. The van der Waals surface area contributed by atoms with E-state index in [1.54, 1.807) is 32.4 Å². The molecule has 1 saturated heterocycles. The van der Waals surface area contributed by atoms with Gasteiger partial charge >= 0.3 is 0 Å². The van der Waals surface area contributed by atoms with Crippen molar-refractivity contribution in [3.63, 3.8) is 0 Å². The van der Waals surface area contributed by atoms with E-state index in [-0.39, 0.29) is 25.3 Å². The Morgan fingerprint density at radius 2 is 2.14 bits per heavy atom. The molecule has 1 aliphatic heterocycles. The van der Waals surface area contributed by atoms with E-state index in [1.807, 2.05) is 6.07 Å². The average Bonchev–Trinajstić information content (AvgIpc) is 3.26. The van der Waals surface area contributed by atoms with Crippen LogP contribution in [0.1, 0.15) is 21.6 Å². The van der Waals surface area contributed by atoms with E-state index >= 15 is 0 Å². The van der Waals surface area contributed by atoms with Crippen LogP contribution in [-0.2, 0) is 9.53 Å². The number of aliphatic imine (C=N–C) groups is 1. The number of carbonyl (C=O) groups excluding carboxylic acids is 2. The summed E-state index contributed by atoms with van der Waals surface area (Å²) in [6.45, 7) is -0.0299. The molecule has 12 heteroatoms. The molecule has 10 nitrogen and oxygen atoms in total. The number of halogens is 2. The highest BCUT2D eigenvalue weighted by molar-refractivity contribution is 6.31. The van der Waals surface area contributed by atoms with Crippen LogP contribution < -0.4 is 10.6 Å². The number of aromatic nitrogens is 3. The van der Waals surface area contributed by atoms with Crippen molar-refractivity contribution in [3.05, 3.63) is 52.4 Å². The van der Waals surface area contributed by atoms with Crippen LogP contribution in [0.2, 0.25) is 5.02 Å². The summed E-state index contributed by atoms with van der Waals surface area (Å²) in [5.74, 6) is -0.934. The monoisotopic (exact) mass is 501 g/mol. The van der Waals surface area contributed by atoms with Crippen molar-refractivity contribution in [2.75, 3.05) is 46.2 Å². The minimum atomic E-state index is -1.04. The molecule has 3 heterocycles. The summed E-state index contributed by atoms with van der Waals surface area (Å²) in [6.07, 6.45) is 1.99. The van der Waals surface area contributed by atoms with E-state index in [9.17, 15) is 14.0 Å². The number of anilines is 1. The Balaban J connectivity index is 1.63. The third-order valence-electron chi connectivity index (χ3n) is 5.68. The van der Waals surface area contributed by atoms with E-state index in [1.165, 1.54) is 18.2 Å². The summed E-state index contributed by atoms with van der Waals surface area (Å²) in [6, 6.07) is 4.40. The van der Waals surface area contributed by atoms with Crippen molar-refractivity contribution in [2.24, 2.45) is 4.99 Å². The third kappa shape index (κ3) is 4.96. The first-order valence-corrected chi connectivity index (χ1v) is 11.3. The van der Waals surface area contributed by atoms with Gasteiger partial charge in [-0.15, -0.1) is 0 Å². The van der Waals surface area contributed by atoms with E-state index < -0.39 is 24.0 Å². The first-order valence-electron chi connectivity index (χ1n) is 10.9. The normalized spacial score (nSPS) is 15.1. The number of benzene rings is 1. The number of rotatable bonds is 8. The SMILES string of the molecule is CN=C(c1cnc2[nH]cc(C(=O)N[C@H](COC)C(=O)N3CC(F)C3)c2n1)c1ccc(Cl)cc1NC. The number of likely N-dealkylation sites (tertiary alicyclic amines) is 1. The minimum Gasteiger partial charge on any atom is -0.388 e. The van der Waals surface area contributed by atoms with Gasteiger partial charge in [0.25, 0.3) is 5.91 Å². The summed E-state index contributed by atoms with van der Waals surface area (Å²) in [5, 5.41) is 6.34. The molecule has 1 fully saturated rings. The van der Waals surface area contributed by atoms with Gasteiger partial charge < -0.3 is 25.3 Å². The van der Waals surface area contributed by atoms with Gasteiger partial charge in [-0.25, -0.2) is 14.4 Å². The highest BCUT2D eigenvalue weighted by Crippen LogP contribution is 2.24. The predicted molar refractivity (Wildman–Crippen MR) is 131 cm³/mol. The van der Waals surface area contributed by atoms with Crippen LogP contribution in [0.25, 0.3) is 11.2 Å². The number of fused-ring (bicyclic) bond motifs is 1. The maximum atomic E-state index is 13.2. The second-order valence-electron chi connectivity index (χ2n) is 7.99. The Morgan fingerprint density at radius 3 is 2.80 bits per heavy atom. The lowest BCUT2D eigenvalue weighted by molar-refractivity contribution is -0.141. The van der Waals surface area contributed by atoms with Gasteiger partial charge in [0, 0.05) is 43.7 Å².